The second-order valence-electron chi connectivity index (χ2n) is 4.81. The van der Waals surface area contributed by atoms with Crippen LogP contribution >= 0.6 is 0 Å². The lowest BCUT2D eigenvalue weighted by atomic mass is 10.1. The summed E-state index contributed by atoms with van der Waals surface area (Å²) in [4.78, 5) is 0. The Hall–Kier alpha value is -2.31. The maximum absolute atomic E-state index is 9.78. The standard InChI is InChI=1S/C17H17NO2/c1-12-3-8-17(16(9-12)13(2)19)20-11-15-6-4-14(10-18)5-7-15/h3-9,13,19H,11H2,1-2H3. The van der Waals surface area contributed by atoms with Crippen LogP contribution < -0.4 is 4.74 Å². The molecule has 2 aromatic rings. The monoisotopic (exact) mass is 267 g/mol. The summed E-state index contributed by atoms with van der Waals surface area (Å²) < 4.78 is 5.77. The number of hydrogen-bond acceptors (Lipinski definition) is 3. The third-order valence-electron chi connectivity index (χ3n) is 3.09. The van der Waals surface area contributed by atoms with E-state index in [9.17, 15) is 5.11 Å². The number of nitrogens with zero attached hydrogens (tertiary/aromatic N) is 1. The molecule has 0 spiro atoms. The van der Waals surface area contributed by atoms with Gasteiger partial charge in [0.2, 0.25) is 0 Å². The van der Waals surface area contributed by atoms with Crippen LogP contribution in [0.4, 0.5) is 0 Å². The van der Waals surface area contributed by atoms with Crippen molar-refractivity contribution in [1.29, 1.82) is 5.26 Å². The van der Waals surface area contributed by atoms with Crippen LogP contribution in [-0.4, -0.2) is 5.11 Å². The maximum atomic E-state index is 9.78. The minimum atomic E-state index is -0.564. The number of aryl methyl sites for hydroxylation is 1. The topological polar surface area (TPSA) is 53.2 Å². The second-order valence-corrected chi connectivity index (χ2v) is 4.81. The van der Waals surface area contributed by atoms with Crippen molar-refractivity contribution in [3.63, 3.8) is 0 Å². The number of nitriles is 1. The fraction of sp³-hybridized carbons (Fsp3) is 0.235. The number of benzene rings is 2. The molecule has 0 heterocycles. The van der Waals surface area contributed by atoms with Crippen molar-refractivity contribution < 1.29 is 9.84 Å². The van der Waals surface area contributed by atoms with Crippen LogP contribution in [0.15, 0.2) is 42.5 Å². The Bertz CT molecular complexity index is 624. The van der Waals surface area contributed by atoms with Gasteiger partial charge in [0.05, 0.1) is 17.7 Å². The molecule has 0 bridgehead atoms. The molecule has 0 aliphatic rings. The van der Waals surface area contributed by atoms with E-state index in [4.69, 9.17) is 10.00 Å². The summed E-state index contributed by atoms with van der Waals surface area (Å²) in [5.41, 5.74) is 3.50. The summed E-state index contributed by atoms with van der Waals surface area (Å²) in [5.74, 6) is 0.690. The van der Waals surface area contributed by atoms with Gasteiger partial charge < -0.3 is 9.84 Å². The molecule has 3 heteroatoms. The normalized spacial score (nSPS) is 11.7. The summed E-state index contributed by atoms with van der Waals surface area (Å²) in [6.07, 6.45) is -0.564. The molecule has 20 heavy (non-hydrogen) atoms. The highest BCUT2D eigenvalue weighted by Gasteiger charge is 2.09. The molecular formula is C17H17NO2. The second kappa shape index (κ2) is 6.23. The van der Waals surface area contributed by atoms with Gasteiger partial charge >= 0.3 is 0 Å². The summed E-state index contributed by atoms with van der Waals surface area (Å²) >= 11 is 0. The summed E-state index contributed by atoms with van der Waals surface area (Å²) in [5, 5.41) is 18.5. The smallest absolute Gasteiger partial charge is 0.125 e. The molecule has 1 unspecified atom stereocenters. The zero-order valence-corrected chi connectivity index (χ0v) is 11.6. The van der Waals surface area contributed by atoms with E-state index >= 15 is 0 Å². The summed E-state index contributed by atoms with van der Waals surface area (Å²) in [7, 11) is 0. The lowest BCUT2D eigenvalue weighted by molar-refractivity contribution is 0.190. The molecule has 0 fully saturated rings. The van der Waals surface area contributed by atoms with Crippen LogP contribution in [0, 0.1) is 18.3 Å². The molecule has 3 nitrogen and oxygen atoms in total. The van der Waals surface area contributed by atoms with Gasteiger partial charge in [0.15, 0.2) is 0 Å². The molecule has 2 aromatic carbocycles. The minimum absolute atomic E-state index is 0.411. The Kier molecular flexibility index (Phi) is 4.39. The molecule has 1 N–H and O–H groups in total. The molecule has 0 saturated carbocycles. The Morgan fingerprint density at radius 2 is 1.90 bits per heavy atom. The first-order valence-electron chi connectivity index (χ1n) is 6.50. The molecule has 0 radical (unpaired) electrons. The van der Waals surface area contributed by atoms with Crippen LogP contribution in [0.5, 0.6) is 5.75 Å². The van der Waals surface area contributed by atoms with E-state index in [1.165, 1.54) is 0 Å². The Morgan fingerprint density at radius 1 is 1.20 bits per heavy atom. The van der Waals surface area contributed by atoms with Gasteiger partial charge in [-0.25, -0.2) is 0 Å². The quantitative estimate of drug-likeness (QED) is 0.922. The minimum Gasteiger partial charge on any atom is -0.489 e. The van der Waals surface area contributed by atoms with E-state index in [0.717, 1.165) is 16.7 Å². The third-order valence-corrected chi connectivity index (χ3v) is 3.09. The van der Waals surface area contributed by atoms with Gasteiger partial charge in [0, 0.05) is 5.56 Å². The average Bonchev–Trinajstić information content (AvgIpc) is 2.46. The lowest BCUT2D eigenvalue weighted by Crippen LogP contribution is -2.01. The number of ether oxygens (including phenoxy) is 1. The zero-order valence-electron chi connectivity index (χ0n) is 11.6. The van der Waals surface area contributed by atoms with Gasteiger partial charge in [-0.05, 0) is 43.7 Å². The number of hydrogen-bond donors (Lipinski definition) is 1. The lowest BCUT2D eigenvalue weighted by Gasteiger charge is -2.14. The van der Waals surface area contributed by atoms with Gasteiger partial charge in [-0.2, -0.15) is 5.26 Å². The van der Waals surface area contributed by atoms with E-state index in [-0.39, 0.29) is 0 Å². The SMILES string of the molecule is Cc1ccc(OCc2ccc(C#N)cc2)c(C(C)O)c1. The van der Waals surface area contributed by atoms with Gasteiger partial charge in [0.25, 0.3) is 0 Å². The number of aliphatic hydroxyl groups excluding tert-OH is 1. The molecular weight excluding hydrogens is 250 g/mol. The predicted molar refractivity (Wildman–Crippen MR) is 77.3 cm³/mol. The van der Waals surface area contributed by atoms with Gasteiger partial charge in [-0.1, -0.05) is 23.8 Å². The average molecular weight is 267 g/mol. The third kappa shape index (κ3) is 3.37. The number of aliphatic hydroxyl groups is 1. The van der Waals surface area contributed by atoms with Gasteiger partial charge in [-0.3, -0.25) is 0 Å². The van der Waals surface area contributed by atoms with Crippen LogP contribution in [0.1, 0.15) is 35.3 Å². The molecule has 0 saturated heterocycles. The van der Waals surface area contributed by atoms with Crippen LogP contribution in [0.3, 0.4) is 0 Å². The Balaban J connectivity index is 2.12. The largest absolute Gasteiger partial charge is 0.489 e. The fourth-order valence-corrected chi connectivity index (χ4v) is 1.96. The van der Waals surface area contributed by atoms with Crippen molar-refractivity contribution in [2.24, 2.45) is 0 Å². The molecule has 2 rings (SSSR count). The molecule has 102 valence electrons. The first kappa shape index (κ1) is 14.1. The Labute approximate surface area is 119 Å². The van der Waals surface area contributed by atoms with Gasteiger partial charge in [-0.15, -0.1) is 0 Å². The molecule has 0 aliphatic carbocycles. The maximum Gasteiger partial charge on any atom is 0.125 e. The highest BCUT2D eigenvalue weighted by atomic mass is 16.5. The molecule has 1 atom stereocenters. The molecule has 0 amide bonds. The van der Waals surface area contributed by atoms with Crippen molar-refractivity contribution >= 4 is 0 Å². The Morgan fingerprint density at radius 3 is 2.50 bits per heavy atom. The van der Waals surface area contributed by atoms with E-state index in [2.05, 4.69) is 6.07 Å². The van der Waals surface area contributed by atoms with Crippen molar-refractivity contribution in [3.05, 3.63) is 64.7 Å². The van der Waals surface area contributed by atoms with E-state index in [1.54, 1.807) is 19.1 Å². The van der Waals surface area contributed by atoms with Crippen LogP contribution in [-0.2, 0) is 6.61 Å². The first-order chi connectivity index (χ1) is 9.60. The summed E-state index contributed by atoms with van der Waals surface area (Å²) in [6, 6.07) is 15.1. The van der Waals surface area contributed by atoms with Crippen LogP contribution in [0.25, 0.3) is 0 Å². The van der Waals surface area contributed by atoms with Crippen molar-refractivity contribution in [2.45, 2.75) is 26.6 Å². The van der Waals surface area contributed by atoms with Crippen molar-refractivity contribution in [2.75, 3.05) is 0 Å². The van der Waals surface area contributed by atoms with E-state index in [1.807, 2.05) is 37.3 Å². The zero-order chi connectivity index (χ0) is 14.5. The highest BCUT2D eigenvalue weighted by molar-refractivity contribution is 5.38. The first-order valence-corrected chi connectivity index (χ1v) is 6.50. The highest BCUT2D eigenvalue weighted by Crippen LogP contribution is 2.27. The predicted octanol–water partition coefficient (Wildman–Crippen LogP) is 3.50. The number of rotatable bonds is 4. The van der Waals surface area contributed by atoms with E-state index in [0.29, 0.717) is 17.9 Å². The van der Waals surface area contributed by atoms with Crippen molar-refractivity contribution in [1.82, 2.24) is 0 Å². The van der Waals surface area contributed by atoms with Gasteiger partial charge in [0.1, 0.15) is 12.4 Å². The van der Waals surface area contributed by atoms with E-state index < -0.39 is 6.10 Å². The summed E-state index contributed by atoms with van der Waals surface area (Å²) in [6.45, 7) is 4.12. The van der Waals surface area contributed by atoms with Crippen LogP contribution in [0.2, 0.25) is 0 Å². The molecule has 0 aromatic heterocycles. The molecule has 0 aliphatic heterocycles. The van der Waals surface area contributed by atoms with Crippen molar-refractivity contribution in [3.8, 4) is 11.8 Å². The fourth-order valence-electron chi connectivity index (χ4n) is 1.96.